The maximum absolute atomic E-state index is 5.89. The van der Waals surface area contributed by atoms with Crippen LogP contribution in [-0.2, 0) is 6.42 Å². The highest BCUT2D eigenvalue weighted by molar-refractivity contribution is 9.10. The van der Waals surface area contributed by atoms with Crippen LogP contribution >= 0.6 is 31.9 Å². The summed E-state index contributed by atoms with van der Waals surface area (Å²) in [6.07, 6.45) is 6.83. The summed E-state index contributed by atoms with van der Waals surface area (Å²) in [5.41, 5.74) is 2.75. The van der Waals surface area contributed by atoms with Crippen LogP contribution in [0.1, 0.15) is 41.6 Å². The highest BCUT2D eigenvalue weighted by atomic mass is 79.9. The molecule has 102 valence electrons. The number of benzene rings is 1. The van der Waals surface area contributed by atoms with Crippen molar-refractivity contribution >= 4 is 31.9 Å². The molecule has 2 bridgehead atoms. The van der Waals surface area contributed by atoms with Gasteiger partial charge in [0.15, 0.2) is 0 Å². The van der Waals surface area contributed by atoms with Crippen molar-refractivity contribution in [2.75, 3.05) is 6.61 Å². The van der Waals surface area contributed by atoms with Gasteiger partial charge in [0.25, 0.3) is 0 Å². The molecule has 1 heterocycles. The Kier molecular flexibility index (Phi) is 3.19. The van der Waals surface area contributed by atoms with Crippen LogP contribution in [-0.4, -0.2) is 6.61 Å². The molecule has 19 heavy (non-hydrogen) atoms. The molecular formula is C16H18Br2O. The minimum Gasteiger partial charge on any atom is -0.493 e. The third kappa shape index (κ3) is 2.08. The van der Waals surface area contributed by atoms with Gasteiger partial charge < -0.3 is 4.74 Å². The van der Waals surface area contributed by atoms with Crippen molar-refractivity contribution in [3.63, 3.8) is 0 Å². The highest BCUT2D eigenvalue weighted by Crippen LogP contribution is 2.56. The maximum Gasteiger partial charge on any atom is 0.127 e. The Morgan fingerprint density at radius 2 is 2.11 bits per heavy atom. The minimum absolute atomic E-state index is 0.465. The van der Waals surface area contributed by atoms with Crippen LogP contribution in [0.15, 0.2) is 16.6 Å². The Morgan fingerprint density at radius 1 is 1.21 bits per heavy atom. The van der Waals surface area contributed by atoms with E-state index in [4.69, 9.17) is 4.74 Å². The summed E-state index contributed by atoms with van der Waals surface area (Å²) in [6, 6.07) is 4.47. The first-order chi connectivity index (χ1) is 9.22. The topological polar surface area (TPSA) is 9.23 Å². The smallest absolute Gasteiger partial charge is 0.127 e. The Bertz CT molecular complexity index is 514. The standard InChI is InChI=1S/C16H18Br2O/c17-12-7-11-3-4-19-16(11)14(8-12)15(18)13-6-9-1-2-10(13)5-9/h7-10,13,15H,1-6H2. The Labute approximate surface area is 131 Å². The summed E-state index contributed by atoms with van der Waals surface area (Å²) >= 11 is 7.66. The predicted octanol–water partition coefficient (Wildman–Crippen LogP) is 5.26. The summed E-state index contributed by atoms with van der Waals surface area (Å²) in [7, 11) is 0. The second kappa shape index (κ2) is 4.77. The monoisotopic (exact) mass is 384 g/mol. The molecule has 0 amide bonds. The number of halogens is 2. The normalized spacial score (nSPS) is 33.3. The molecule has 2 aliphatic carbocycles. The fraction of sp³-hybridized carbons (Fsp3) is 0.625. The first kappa shape index (κ1) is 12.7. The van der Waals surface area contributed by atoms with Crippen LogP contribution in [0, 0.1) is 17.8 Å². The summed E-state index contributed by atoms with van der Waals surface area (Å²) in [6.45, 7) is 0.842. The average molecular weight is 386 g/mol. The fourth-order valence-corrected chi connectivity index (χ4v) is 5.90. The lowest BCUT2D eigenvalue weighted by Gasteiger charge is -2.28. The largest absolute Gasteiger partial charge is 0.493 e. The van der Waals surface area contributed by atoms with E-state index < -0.39 is 0 Å². The molecule has 1 aromatic rings. The predicted molar refractivity (Wildman–Crippen MR) is 83.9 cm³/mol. The zero-order valence-corrected chi connectivity index (χ0v) is 14.0. The molecule has 0 saturated heterocycles. The van der Waals surface area contributed by atoms with E-state index in [-0.39, 0.29) is 0 Å². The Morgan fingerprint density at radius 3 is 2.84 bits per heavy atom. The van der Waals surface area contributed by atoms with Crippen molar-refractivity contribution in [1.29, 1.82) is 0 Å². The summed E-state index contributed by atoms with van der Waals surface area (Å²) in [5.74, 6) is 3.90. The van der Waals surface area contributed by atoms with E-state index in [2.05, 4.69) is 44.0 Å². The van der Waals surface area contributed by atoms with E-state index in [1.165, 1.54) is 41.3 Å². The van der Waals surface area contributed by atoms with Crippen molar-refractivity contribution in [3.05, 3.63) is 27.7 Å². The fourth-order valence-electron chi connectivity index (χ4n) is 4.39. The molecule has 2 saturated carbocycles. The Balaban J connectivity index is 1.69. The zero-order chi connectivity index (χ0) is 13.0. The summed E-state index contributed by atoms with van der Waals surface area (Å²) in [4.78, 5) is 0.465. The molecule has 0 aromatic heterocycles. The molecule has 2 fully saturated rings. The average Bonchev–Trinajstić information content (AvgIpc) is 3.11. The Hall–Kier alpha value is -0.0200. The lowest BCUT2D eigenvalue weighted by Crippen LogP contribution is -2.16. The van der Waals surface area contributed by atoms with Gasteiger partial charge in [-0.3, -0.25) is 0 Å². The van der Waals surface area contributed by atoms with Crippen molar-refractivity contribution in [2.24, 2.45) is 17.8 Å². The van der Waals surface area contributed by atoms with Gasteiger partial charge in [-0.2, -0.15) is 0 Å². The maximum atomic E-state index is 5.89. The molecule has 0 N–H and O–H groups in total. The second-order valence-corrected chi connectivity index (χ2v) is 8.22. The van der Waals surface area contributed by atoms with Gasteiger partial charge in [-0.05, 0) is 54.7 Å². The zero-order valence-electron chi connectivity index (χ0n) is 10.9. The van der Waals surface area contributed by atoms with Crippen molar-refractivity contribution < 1.29 is 4.74 Å². The van der Waals surface area contributed by atoms with E-state index in [1.54, 1.807) is 0 Å². The quantitative estimate of drug-likeness (QED) is 0.631. The number of alkyl halides is 1. The second-order valence-electron chi connectivity index (χ2n) is 6.32. The highest BCUT2D eigenvalue weighted by Gasteiger charge is 2.43. The van der Waals surface area contributed by atoms with Crippen molar-refractivity contribution in [1.82, 2.24) is 0 Å². The van der Waals surface area contributed by atoms with E-state index in [9.17, 15) is 0 Å². The molecule has 1 nitrogen and oxygen atoms in total. The van der Waals surface area contributed by atoms with Gasteiger partial charge in [-0.25, -0.2) is 0 Å². The van der Waals surface area contributed by atoms with Crippen LogP contribution < -0.4 is 4.74 Å². The molecule has 1 aliphatic heterocycles. The third-order valence-corrected chi connectivity index (χ3v) is 6.87. The van der Waals surface area contributed by atoms with Gasteiger partial charge in [-0.15, -0.1) is 0 Å². The lowest BCUT2D eigenvalue weighted by molar-refractivity contribution is 0.318. The van der Waals surface area contributed by atoms with Crippen LogP contribution in [0.2, 0.25) is 0 Å². The number of fused-ring (bicyclic) bond motifs is 3. The first-order valence-electron chi connectivity index (χ1n) is 7.31. The number of hydrogen-bond acceptors (Lipinski definition) is 1. The number of rotatable bonds is 2. The van der Waals surface area contributed by atoms with Gasteiger partial charge in [0, 0.05) is 21.3 Å². The van der Waals surface area contributed by atoms with E-state index in [0.717, 1.165) is 36.5 Å². The van der Waals surface area contributed by atoms with E-state index >= 15 is 0 Å². The van der Waals surface area contributed by atoms with Crippen LogP contribution in [0.3, 0.4) is 0 Å². The summed E-state index contributed by atoms with van der Waals surface area (Å²) < 4.78 is 7.09. The SMILES string of the molecule is Brc1cc2c(c(C(Br)C3CC4CCC3C4)c1)OCC2. The van der Waals surface area contributed by atoms with Crippen LogP contribution in [0.5, 0.6) is 5.75 Å². The number of hydrogen-bond donors (Lipinski definition) is 0. The van der Waals surface area contributed by atoms with Gasteiger partial charge in [0.05, 0.1) is 6.61 Å². The van der Waals surface area contributed by atoms with Gasteiger partial charge in [-0.1, -0.05) is 38.3 Å². The molecule has 4 rings (SSSR count). The molecule has 0 radical (unpaired) electrons. The van der Waals surface area contributed by atoms with E-state index in [0.29, 0.717) is 4.83 Å². The first-order valence-corrected chi connectivity index (χ1v) is 9.02. The molecule has 3 heteroatoms. The van der Waals surface area contributed by atoms with Gasteiger partial charge >= 0.3 is 0 Å². The molecule has 1 aromatic carbocycles. The molecular weight excluding hydrogens is 368 g/mol. The van der Waals surface area contributed by atoms with Gasteiger partial charge in [0.2, 0.25) is 0 Å². The minimum atomic E-state index is 0.465. The van der Waals surface area contributed by atoms with Crippen LogP contribution in [0.4, 0.5) is 0 Å². The summed E-state index contributed by atoms with van der Waals surface area (Å²) in [5, 5.41) is 0. The molecule has 3 aliphatic rings. The van der Waals surface area contributed by atoms with Gasteiger partial charge in [0.1, 0.15) is 5.75 Å². The molecule has 0 spiro atoms. The number of ether oxygens (including phenoxy) is 1. The van der Waals surface area contributed by atoms with Crippen molar-refractivity contribution in [3.8, 4) is 5.75 Å². The molecule has 4 atom stereocenters. The van der Waals surface area contributed by atoms with Crippen LogP contribution in [0.25, 0.3) is 0 Å². The molecule has 4 unspecified atom stereocenters. The van der Waals surface area contributed by atoms with Crippen molar-refractivity contribution in [2.45, 2.75) is 36.9 Å². The third-order valence-electron chi connectivity index (χ3n) is 5.24. The lowest BCUT2D eigenvalue weighted by atomic mass is 9.83. The van der Waals surface area contributed by atoms with E-state index in [1.807, 2.05) is 0 Å².